The lowest BCUT2D eigenvalue weighted by Crippen LogP contribution is -2.27. The van der Waals surface area contributed by atoms with Gasteiger partial charge in [-0.1, -0.05) is 0 Å². The van der Waals surface area contributed by atoms with E-state index in [0.29, 0.717) is 11.3 Å². The van der Waals surface area contributed by atoms with E-state index in [0.717, 1.165) is 4.90 Å². The predicted octanol–water partition coefficient (Wildman–Crippen LogP) is 1.41. The van der Waals surface area contributed by atoms with Crippen LogP contribution in [0.2, 0.25) is 0 Å². The molecule has 0 saturated carbocycles. The number of hydroxylamine groups is 1. The van der Waals surface area contributed by atoms with Crippen molar-refractivity contribution in [3.63, 3.8) is 0 Å². The van der Waals surface area contributed by atoms with Crippen LogP contribution < -0.4 is 10.8 Å². The van der Waals surface area contributed by atoms with Crippen LogP contribution >= 0.6 is 11.8 Å². The van der Waals surface area contributed by atoms with Gasteiger partial charge in [-0.05, 0) is 25.1 Å². The van der Waals surface area contributed by atoms with Gasteiger partial charge in [0.15, 0.2) is 0 Å². The van der Waals surface area contributed by atoms with Crippen molar-refractivity contribution in [2.24, 2.45) is 0 Å². The maximum atomic E-state index is 11.5. The molecule has 1 heterocycles. The molecule has 2 rings (SSSR count). The van der Waals surface area contributed by atoms with Crippen molar-refractivity contribution < 1.29 is 14.4 Å². The minimum absolute atomic E-state index is 0.0493. The fourth-order valence-electron chi connectivity index (χ4n) is 1.50. The normalized spacial score (nSPS) is 18.2. The summed E-state index contributed by atoms with van der Waals surface area (Å²) in [6.45, 7) is 1.84. The Hall–Kier alpha value is -1.53. The molecule has 0 spiro atoms. The number of thioether (sulfide) groups is 1. The molecule has 1 aromatic carbocycles. The number of amides is 2. The van der Waals surface area contributed by atoms with Gasteiger partial charge in [0.25, 0.3) is 5.91 Å². The van der Waals surface area contributed by atoms with Gasteiger partial charge in [0, 0.05) is 10.5 Å². The van der Waals surface area contributed by atoms with Gasteiger partial charge in [-0.2, -0.15) is 0 Å². The Morgan fingerprint density at radius 1 is 1.53 bits per heavy atom. The molecule has 1 atom stereocenters. The minimum atomic E-state index is -0.340. The number of fused-ring (bicyclic) bond motifs is 1. The van der Waals surface area contributed by atoms with E-state index in [1.165, 1.54) is 18.9 Å². The second-order valence-electron chi connectivity index (χ2n) is 3.60. The molecule has 1 aliphatic rings. The second kappa shape index (κ2) is 4.77. The highest BCUT2D eigenvalue weighted by molar-refractivity contribution is 8.00. The highest BCUT2D eigenvalue weighted by Gasteiger charge is 2.23. The molecule has 1 aliphatic heterocycles. The van der Waals surface area contributed by atoms with Crippen LogP contribution in [0.3, 0.4) is 0 Å². The first kappa shape index (κ1) is 11.9. The molecule has 90 valence electrons. The summed E-state index contributed by atoms with van der Waals surface area (Å²) in [6, 6.07) is 5.16. The van der Waals surface area contributed by atoms with E-state index in [-0.39, 0.29) is 17.1 Å². The third kappa shape index (κ3) is 2.42. The fourth-order valence-corrected chi connectivity index (χ4v) is 2.43. The SMILES string of the molecule is CONC(=O)c1ccc2c(c1)NC(=O)[C@@H](C)S2. The number of nitrogens with one attached hydrogen (secondary N) is 2. The quantitative estimate of drug-likeness (QED) is 0.781. The summed E-state index contributed by atoms with van der Waals surface area (Å²) >= 11 is 1.48. The van der Waals surface area contributed by atoms with Crippen molar-refractivity contribution in [3.8, 4) is 0 Å². The highest BCUT2D eigenvalue weighted by atomic mass is 32.2. The molecule has 0 bridgehead atoms. The fraction of sp³-hybridized carbons (Fsp3) is 0.273. The molecule has 1 aromatic rings. The maximum absolute atomic E-state index is 11.5. The molecule has 0 fully saturated rings. The van der Waals surface area contributed by atoms with Gasteiger partial charge < -0.3 is 5.32 Å². The van der Waals surface area contributed by atoms with Gasteiger partial charge in [0.2, 0.25) is 5.91 Å². The minimum Gasteiger partial charge on any atom is -0.324 e. The van der Waals surface area contributed by atoms with Crippen LogP contribution in [-0.4, -0.2) is 24.2 Å². The summed E-state index contributed by atoms with van der Waals surface area (Å²) in [5, 5.41) is 2.66. The number of carbonyl (C=O) groups excluding carboxylic acids is 2. The monoisotopic (exact) mass is 252 g/mol. The molecular weight excluding hydrogens is 240 g/mol. The van der Waals surface area contributed by atoms with E-state index in [4.69, 9.17) is 0 Å². The molecule has 2 N–H and O–H groups in total. The van der Waals surface area contributed by atoms with E-state index in [2.05, 4.69) is 15.6 Å². The molecule has 2 amide bonds. The van der Waals surface area contributed by atoms with E-state index in [9.17, 15) is 9.59 Å². The Bertz CT molecular complexity index is 476. The first-order valence-corrected chi connectivity index (χ1v) is 5.94. The second-order valence-corrected chi connectivity index (χ2v) is 4.98. The first-order valence-electron chi connectivity index (χ1n) is 5.06. The van der Waals surface area contributed by atoms with Crippen LogP contribution in [0.25, 0.3) is 0 Å². The zero-order chi connectivity index (χ0) is 12.4. The van der Waals surface area contributed by atoms with Crippen molar-refractivity contribution in [2.45, 2.75) is 17.1 Å². The Labute approximate surface area is 103 Å². The third-order valence-corrected chi connectivity index (χ3v) is 3.54. The topological polar surface area (TPSA) is 67.4 Å². The molecule has 6 heteroatoms. The molecule has 0 unspecified atom stereocenters. The summed E-state index contributed by atoms with van der Waals surface area (Å²) in [4.78, 5) is 28.5. The zero-order valence-electron chi connectivity index (χ0n) is 9.44. The van der Waals surface area contributed by atoms with E-state index < -0.39 is 0 Å². The summed E-state index contributed by atoms with van der Waals surface area (Å²) in [7, 11) is 1.37. The smallest absolute Gasteiger partial charge is 0.274 e. The number of rotatable bonds is 2. The Morgan fingerprint density at radius 2 is 2.29 bits per heavy atom. The first-order chi connectivity index (χ1) is 8.11. The summed E-state index contributed by atoms with van der Waals surface area (Å²) < 4.78 is 0. The van der Waals surface area contributed by atoms with Crippen molar-refractivity contribution in [1.82, 2.24) is 5.48 Å². The molecule has 17 heavy (non-hydrogen) atoms. The number of carbonyl (C=O) groups is 2. The summed E-state index contributed by atoms with van der Waals surface area (Å²) in [6.07, 6.45) is 0. The van der Waals surface area contributed by atoms with Crippen molar-refractivity contribution >= 4 is 29.3 Å². The summed E-state index contributed by atoms with van der Waals surface area (Å²) in [5.41, 5.74) is 3.34. The van der Waals surface area contributed by atoms with Gasteiger partial charge in [-0.25, -0.2) is 5.48 Å². The maximum Gasteiger partial charge on any atom is 0.274 e. The van der Waals surface area contributed by atoms with Gasteiger partial charge >= 0.3 is 0 Å². The largest absolute Gasteiger partial charge is 0.324 e. The average molecular weight is 252 g/mol. The number of benzene rings is 1. The molecule has 0 saturated heterocycles. The van der Waals surface area contributed by atoms with Crippen LogP contribution in [0, 0.1) is 0 Å². The van der Waals surface area contributed by atoms with Crippen LogP contribution in [0.1, 0.15) is 17.3 Å². The lowest BCUT2D eigenvalue weighted by atomic mass is 10.2. The van der Waals surface area contributed by atoms with Crippen molar-refractivity contribution in [2.75, 3.05) is 12.4 Å². The molecule has 0 aliphatic carbocycles. The zero-order valence-corrected chi connectivity index (χ0v) is 10.3. The lowest BCUT2D eigenvalue weighted by Gasteiger charge is -2.21. The standard InChI is InChI=1S/C11H12N2O3S/c1-6-10(14)12-8-5-7(11(15)13-16-2)3-4-9(8)17-6/h3-6H,1-2H3,(H,12,14)(H,13,15)/t6-/m1/s1. The van der Waals surface area contributed by atoms with Gasteiger partial charge in [-0.3, -0.25) is 14.4 Å². The molecular formula is C11H12N2O3S. The number of anilines is 1. The average Bonchev–Trinajstić information content (AvgIpc) is 2.30. The van der Waals surface area contributed by atoms with Crippen LogP contribution in [-0.2, 0) is 9.63 Å². The predicted molar refractivity (Wildman–Crippen MR) is 64.9 cm³/mol. The Balaban J connectivity index is 2.28. The van der Waals surface area contributed by atoms with Gasteiger partial charge in [-0.15, -0.1) is 11.8 Å². The number of hydrogen-bond donors (Lipinski definition) is 2. The van der Waals surface area contributed by atoms with Gasteiger partial charge in [0.1, 0.15) is 0 Å². The Morgan fingerprint density at radius 3 is 3.00 bits per heavy atom. The van der Waals surface area contributed by atoms with E-state index in [1.807, 2.05) is 13.0 Å². The van der Waals surface area contributed by atoms with E-state index >= 15 is 0 Å². The Kier molecular flexibility index (Phi) is 3.35. The molecule has 5 nitrogen and oxygen atoms in total. The van der Waals surface area contributed by atoms with Crippen molar-refractivity contribution in [1.29, 1.82) is 0 Å². The van der Waals surface area contributed by atoms with Crippen LogP contribution in [0.5, 0.6) is 0 Å². The van der Waals surface area contributed by atoms with Crippen molar-refractivity contribution in [3.05, 3.63) is 23.8 Å². The lowest BCUT2D eigenvalue weighted by molar-refractivity contribution is -0.115. The van der Waals surface area contributed by atoms with Crippen LogP contribution in [0.15, 0.2) is 23.1 Å². The highest BCUT2D eigenvalue weighted by Crippen LogP contribution is 2.35. The van der Waals surface area contributed by atoms with Crippen LogP contribution in [0.4, 0.5) is 5.69 Å². The van der Waals surface area contributed by atoms with Gasteiger partial charge in [0.05, 0.1) is 18.0 Å². The van der Waals surface area contributed by atoms with E-state index in [1.54, 1.807) is 12.1 Å². The summed E-state index contributed by atoms with van der Waals surface area (Å²) in [5.74, 6) is -0.389. The number of hydrogen-bond acceptors (Lipinski definition) is 4. The third-order valence-electron chi connectivity index (χ3n) is 2.37. The molecule has 0 aromatic heterocycles. The molecule has 0 radical (unpaired) electrons.